The normalized spacial score (nSPS) is 11.6. The molecule has 1 atom stereocenters. The maximum atomic E-state index is 12.8. The summed E-state index contributed by atoms with van der Waals surface area (Å²) in [5, 5.41) is 12.2. The first-order valence-electron chi connectivity index (χ1n) is 14.5. The molecule has 15 nitrogen and oxygen atoms in total. The standard InChI is InChI=1S/C29H41N7O8S/c1-3-44-20-35-26(39)18-32-28(41)23(14-21-10-6-4-7-11-21)36-27(40)19-31-25(38)17-30-24(37)13-9-5-8-12-22-15-33-29(34-16-22)45(2,42)43/h4,6-7,10-11,15-16,23H,3,5,8-9,12-14,17-20H2,1-2H3,(H,30,37)(H,31,38)(H,32,41)(H,35,39)(H,36,40)/t23-/m0/s1. The molecule has 0 fully saturated rings. The van der Waals surface area contributed by atoms with Crippen molar-refractivity contribution in [2.24, 2.45) is 0 Å². The number of sulfone groups is 1. The molecule has 5 N–H and O–H groups in total. The summed E-state index contributed by atoms with van der Waals surface area (Å²) in [4.78, 5) is 69.2. The van der Waals surface area contributed by atoms with Gasteiger partial charge in [0.05, 0.1) is 19.6 Å². The quantitative estimate of drug-likeness (QED) is 0.0683. The molecule has 1 aromatic heterocycles. The van der Waals surface area contributed by atoms with Crippen molar-refractivity contribution < 1.29 is 37.1 Å². The van der Waals surface area contributed by atoms with Crippen LogP contribution in [0.4, 0.5) is 0 Å². The van der Waals surface area contributed by atoms with Gasteiger partial charge in [-0.2, -0.15) is 0 Å². The van der Waals surface area contributed by atoms with E-state index in [0.717, 1.165) is 30.2 Å². The van der Waals surface area contributed by atoms with Gasteiger partial charge in [0.25, 0.3) is 0 Å². The highest BCUT2D eigenvalue weighted by Gasteiger charge is 2.22. The molecule has 0 aliphatic carbocycles. The van der Waals surface area contributed by atoms with Gasteiger partial charge in [0, 0.05) is 38.1 Å². The molecule has 0 aliphatic heterocycles. The average Bonchev–Trinajstić information content (AvgIpc) is 3.01. The van der Waals surface area contributed by atoms with Crippen LogP contribution in [0.1, 0.15) is 43.7 Å². The number of carbonyl (C=O) groups is 5. The Bertz CT molecular complexity index is 1370. The van der Waals surface area contributed by atoms with Gasteiger partial charge < -0.3 is 31.3 Å². The van der Waals surface area contributed by atoms with Crippen molar-refractivity contribution in [2.45, 2.75) is 56.6 Å². The average molecular weight is 648 g/mol. The number of unbranched alkanes of at least 4 members (excludes halogenated alkanes) is 2. The van der Waals surface area contributed by atoms with E-state index >= 15 is 0 Å². The summed E-state index contributed by atoms with van der Waals surface area (Å²) in [6.07, 6.45) is 7.03. The molecule has 0 aliphatic rings. The molecule has 1 heterocycles. The van der Waals surface area contributed by atoms with E-state index in [1.807, 2.05) is 6.07 Å². The lowest BCUT2D eigenvalue weighted by Gasteiger charge is -2.19. The molecule has 45 heavy (non-hydrogen) atoms. The van der Waals surface area contributed by atoms with E-state index in [4.69, 9.17) is 4.74 Å². The van der Waals surface area contributed by atoms with Crippen molar-refractivity contribution in [1.82, 2.24) is 36.6 Å². The number of carbonyl (C=O) groups excluding carboxylic acids is 5. The zero-order valence-corrected chi connectivity index (χ0v) is 26.3. The highest BCUT2D eigenvalue weighted by Crippen LogP contribution is 2.08. The third kappa shape index (κ3) is 15.7. The third-order valence-corrected chi connectivity index (χ3v) is 7.08. The van der Waals surface area contributed by atoms with Crippen LogP contribution in [0.15, 0.2) is 47.9 Å². The molecule has 0 unspecified atom stereocenters. The summed E-state index contributed by atoms with van der Waals surface area (Å²) in [7, 11) is -3.45. The molecule has 246 valence electrons. The van der Waals surface area contributed by atoms with Crippen molar-refractivity contribution in [3.63, 3.8) is 0 Å². The van der Waals surface area contributed by atoms with Crippen LogP contribution in [0, 0.1) is 0 Å². The lowest BCUT2D eigenvalue weighted by atomic mass is 10.1. The zero-order chi connectivity index (χ0) is 33.1. The van der Waals surface area contributed by atoms with Crippen LogP contribution >= 0.6 is 0 Å². The number of hydrogen-bond acceptors (Lipinski definition) is 10. The number of nitrogens with zero attached hydrogens (tertiary/aromatic N) is 2. The molecule has 2 rings (SSSR count). The first kappa shape index (κ1) is 36.8. The van der Waals surface area contributed by atoms with Gasteiger partial charge in [0.1, 0.15) is 12.8 Å². The summed E-state index contributed by atoms with van der Waals surface area (Å²) < 4.78 is 27.9. The van der Waals surface area contributed by atoms with Crippen molar-refractivity contribution >= 4 is 39.4 Å². The van der Waals surface area contributed by atoms with Gasteiger partial charge in [-0.1, -0.05) is 36.8 Å². The molecule has 0 spiro atoms. The highest BCUT2D eigenvalue weighted by molar-refractivity contribution is 7.90. The van der Waals surface area contributed by atoms with Crippen LogP contribution in [0.2, 0.25) is 0 Å². The van der Waals surface area contributed by atoms with Crippen molar-refractivity contribution in [3.8, 4) is 0 Å². The van der Waals surface area contributed by atoms with Crippen LogP contribution in [0.25, 0.3) is 0 Å². The minimum Gasteiger partial charge on any atom is -0.362 e. The van der Waals surface area contributed by atoms with E-state index in [9.17, 15) is 32.4 Å². The van der Waals surface area contributed by atoms with E-state index in [0.29, 0.717) is 19.4 Å². The summed E-state index contributed by atoms with van der Waals surface area (Å²) >= 11 is 0. The Kier molecular flexibility index (Phi) is 16.1. The van der Waals surface area contributed by atoms with E-state index in [1.165, 1.54) is 12.4 Å². The second-order valence-electron chi connectivity index (χ2n) is 10.0. The Morgan fingerprint density at radius 2 is 1.40 bits per heavy atom. The van der Waals surface area contributed by atoms with Crippen molar-refractivity contribution in [3.05, 3.63) is 53.9 Å². The largest absolute Gasteiger partial charge is 0.362 e. The predicted molar refractivity (Wildman–Crippen MR) is 163 cm³/mol. The minimum absolute atomic E-state index is 0.0128. The van der Waals surface area contributed by atoms with Crippen LogP contribution < -0.4 is 26.6 Å². The molecule has 0 radical (unpaired) electrons. The number of hydrogen-bond donors (Lipinski definition) is 5. The van der Waals surface area contributed by atoms with Crippen LogP contribution in [0.3, 0.4) is 0 Å². The maximum Gasteiger partial charge on any atom is 0.246 e. The Labute approximate surface area is 262 Å². The monoisotopic (exact) mass is 647 g/mol. The van der Waals surface area contributed by atoms with Gasteiger partial charge in [0.15, 0.2) is 0 Å². The number of amides is 5. The fourth-order valence-corrected chi connectivity index (χ4v) is 4.34. The highest BCUT2D eigenvalue weighted by atomic mass is 32.2. The smallest absolute Gasteiger partial charge is 0.246 e. The van der Waals surface area contributed by atoms with E-state index < -0.39 is 46.1 Å². The first-order valence-corrected chi connectivity index (χ1v) is 16.4. The van der Waals surface area contributed by atoms with Crippen molar-refractivity contribution in [1.29, 1.82) is 0 Å². The molecular formula is C29H41N7O8S. The molecule has 16 heteroatoms. The predicted octanol–water partition coefficient (Wildman–Crippen LogP) is -0.831. The molecular weight excluding hydrogens is 606 g/mol. The number of rotatable bonds is 20. The zero-order valence-electron chi connectivity index (χ0n) is 25.5. The lowest BCUT2D eigenvalue weighted by Crippen LogP contribution is -2.52. The Morgan fingerprint density at radius 1 is 0.778 bits per heavy atom. The Balaban J connectivity index is 1.69. The van der Waals surface area contributed by atoms with Gasteiger partial charge in [-0.05, 0) is 37.3 Å². The molecule has 0 saturated carbocycles. The number of nitrogens with one attached hydrogen (secondary N) is 5. The molecule has 5 amide bonds. The molecule has 0 saturated heterocycles. The van der Waals surface area contributed by atoms with Gasteiger partial charge >= 0.3 is 0 Å². The Morgan fingerprint density at radius 3 is 2.07 bits per heavy atom. The number of aryl methyl sites for hydroxylation is 1. The fraction of sp³-hybridized carbons (Fsp3) is 0.483. The van der Waals surface area contributed by atoms with Crippen LogP contribution in [0.5, 0.6) is 0 Å². The number of benzene rings is 1. The van der Waals surface area contributed by atoms with Crippen LogP contribution in [-0.2, 0) is 51.4 Å². The second kappa shape index (κ2) is 19.8. The third-order valence-electron chi connectivity index (χ3n) is 6.21. The van der Waals surface area contributed by atoms with Gasteiger partial charge in [0.2, 0.25) is 44.5 Å². The topological polar surface area (TPSA) is 215 Å². The summed E-state index contributed by atoms with van der Waals surface area (Å²) in [6.45, 7) is 1.17. The second-order valence-corrected chi connectivity index (χ2v) is 11.9. The van der Waals surface area contributed by atoms with Gasteiger partial charge in [-0.15, -0.1) is 0 Å². The summed E-state index contributed by atoms with van der Waals surface area (Å²) in [5.74, 6) is -2.55. The lowest BCUT2D eigenvalue weighted by molar-refractivity contribution is -0.131. The SMILES string of the molecule is CCOCNC(=O)CNC(=O)[C@H](Cc1ccccc1)NC(=O)CNC(=O)CNC(=O)CCCCCc1cnc(S(C)(=O)=O)nc1. The Hall–Kier alpha value is -4.44. The van der Waals surface area contributed by atoms with Gasteiger partial charge in [-0.3, -0.25) is 24.0 Å². The van der Waals surface area contributed by atoms with Crippen LogP contribution in [-0.4, -0.2) is 93.2 Å². The number of ether oxygens (including phenoxy) is 1. The van der Waals surface area contributed by atoms with E-state index in [1.54, 1.807) is 31.2 Å². The summed E-state index contributed by atoms with van der Waals surface area (Å²) in [6, 6.07) is 7.98. The van der Waals surface area contributed by atoms with Crippen molar-refractivity contribution in [2.75, 3.05) is 39.2 Å². The number of aromatic nitrogens is 2. The first-order chi connectivity index (χ1) is 21.5. The molecule has 1 aromatic carbocycles. The van der Waals surface area contributed by atoms with E-state index in [2.05, 4.69) is 36.6 Å². The summed E-state index contributed by atoms with van der Waals surface area (Å²) in [5.41, 5.74) is 1.57. The molecule has 2 aromatic rings. The van der Waals surface area contributed by atoms with Gasteiger partial charge in [-0.25, -0.2) is 18.4 Å². The van der Waals surface area contributed by atoms with E-state index in [-0.39, 0.29) is 43.7 Å². The maximum absolute atomic E-state index is 12.8. The molecule has 0 bridgehead atoms. The minimum atomic E-state index is -3.45. The fourth-order valence-electron chi connectivity index (χ4n) is 3.85.